The SMILES string of the molecule is Cc1c(-c2nc3cc4c(c(C#N)c3o2)CCC4N2CCC(C(=O)O)C2)cccc1N1CCOCC1. The number of carboxylic acids is 1. The lowest BCUT2D eigenvalue weighted by Gasteiger charge is -2.30. The zero-order valence-electron chi connectivity index (χ0n) is 19.8. The van der Waals surface area contributed by atoms with Crippen molar-refractivity contribution in [2.75, 3.05) is 44.3 Å². The van der Waals surface area contributed by atoms with Gasteiger partial charge in [-0.3, -0.25) is 9.69 Å². The lowest BCUT2D eigenvalue weighted by molar-refractivity contribution is -0.141. The molecule has 1 aromatic heterocycles. The highest BCUT2D eigenvalue weighted by Crippen LogP contribution is 2.43. The van der Waals surface area contributed by atoms with Crippen LogP contribution in [0.3, 0.4) is 0 Å². The summed E-state index contributed by atoms with van der Waals surface area (Å²) >= 11 is 0. The van der Waals surface area contributed by atoms with Crippen molar-refractivity contribution in [3.05, 3.63) is 46.5 Å². The maximum absolute atomic E-state index is 11.5. The Labute approximate surface area is 203 Å². The van der Waals surface area contributed by atoms with Gasteiger partial charge in [0.25, 0.3) is 0 Å². The Kier molecular flexibility index (Phi) is 5.47. The molecule has 3 heterocycles. The number of rotatable bonds is 4. The number of nitrogens with zero attached hydrogens (tertiary/aromatic N) is 4. The van der Waals surface area contributed by atoms with E-state index in [1.165, 1.54) is 0 Å². The van der Waals surface area contributed by atoms with Crippen LogP contribution in [0.25, 0.3) is 22.6 Å². The number of likely N-dealkylation sites (tertiary alicyclic amines) is 1. The molecule has 180 valence electrons. The van der Waals surface area contributed by atoms with Crippen LogP contribution in [0, 0.1) is 24.2 Å². The van der Waals surface area contributed by atoms with Gasteiger partial charge in [-0.1, -0.05) is 6.07 Å². The molecule has 8 nitrogen and oxygen atoms in total. The second-order valence-electron chi connectivity index (χ2n) is 9.72. The van der Waals surface area contributed by atoms with Crippen LogP contribution in [0.1, 0.15) is 41.1 Å². The van der Waals surface area contributed by atoms with Crippen molar-refractivity contribution in [3.8, 4) is 17.5 Å². The molecule has 1 N–H and O–H groups in total. The summed E-state index contributed by atoms with van der Waals surface area (Å²) in [6.45, 7) is 6.54. The van der Waals surface area contributed by atoms with Crippen molar-refractivity contribution in [2.24, 2.45) is 5.92 Å². The molecule has 2 saturated heterocycles. The van der Waals surface area contributed by atoms with Crippen molar-refractivity contribution in [1.82, 2.24) is 9.88 Å². The quantitative estimate of drug-likeness (QED) is 0.610. The summed E-state index contributed by atoms with van der Waals surface area (Å²) in [5.74, 6) is -0.523. The van der Waals surface area contributed by atoms with E-state index in [0.717, 1.165) is 73.6 Å². The van der Waals surface area contributed by atoms with Gasteiger partial charge in [-0.25, -0.2) is 4.98 Å². The van der Waals surface area contributed by atoms with Gasteiger partial charge in [-0.2, -0.15) is 5.26 Å². The summed E-state index contributed by atoms with van der Waals surface area (Å²) in [5, 5.41) is 19.5. The van der Waals surface area contributed by atoms with Gasteiger partial charge in [0.2, 0.25) is 5.89 Å². The third-order valence-corrected chi connectivity index (χ3v) is 7.86. The van der Waals surface area contributed by atoms with Crippen molar-refractivity contribution < 1.29 is 19.1 Å². The number of ether oxygens (including phenoxy) is 1. The number of benzene rings is 2. The molecule has 2 atom stereocenters. The summed E-state index contributed by atoms with van der Waals surface area (Å²) in [4.78, 5) is 20.9. The van der Waals surface area contributed by atoms with Crippen LogP contribution in [-0.2, 0) is 16.0 Å². The van der Waals surface area contributed by atoms with Gasteiger partial charge in [0, 0.05) is 36.9 Å². The summed E-state index contributed by atoms with van der Waals surface area (Å²) in [7, 11) is 0. The van der Waals surface area contributed by atoms with Crippen LogP contribution in [0.4, 0.5) is 5.69 Å². The third-order valence-electron chi connectivity index (χ3n) is 7.86. The van der Waals surface area contributed by atoms with Gasteiger partial charge in [0.15, 0.2) is 5.58 Å². The highest BCUT2D eigenvalue weighted by Gasteiger charge is 2.37. The van der Waals surface area contributed by atoms with E-state index in [-0.39, 0.29) is 12.0 Å². The molecule has 0 spiro atoms. The van der Waals surface area contributed by atoms with E-state index in [4.69, 9.17) is 14.1 Å². The summed E-state index contributed by atoms with van der Waals surface area (Å²) < 4.78 is 11.8. The van der Waals surface area contributed by atoms with E-state index in [9.17, 15) is 15.2 Å². The van der Waals surface area contributed by atoms with Gasteiger partial charge >= 0.3 is 5.97 Å². The molecular formula is C27H28N4O4. The maximum Gasteiger partial charge on any atom is 0.307 e. The van der Waals surface area contributed by atoms with Crippen molar-refractivity contribution in [2.45, 2.75) is 32.2 Å². The molecule has 2 fully saturated rings. The maximum atomic E-state index is 11.5. The number of hydrogen-bond acceptors (Lipinski definition) is 7. The number of oxazole rings is 1. The molecule has 6 rings (SSSR count). The highest BCUT2D eigenvalue weighted by molar-refractivity contribution is 5.86. The minimum Gasteiger partial charge on any atom is -0.481 e. The van der Waals surface area contributed by atoms with E-state index < -0.39 is 5.97 Å². The molecule has 3 aromatic rings. The van der Waals surface area contributed by atoms with Gasteiger partial charge in [-0.05, 0) is 67.6 Å². The summed E-state index contributed by atoms with van der Waals surface area (Å²) in [6, 6.07) is 10.7. The van der Waals surface area contributed by atoms with Crippen LogP contribution in [-0.4, -0.2) is 60.4 Å². The number of anilines is 1. The monoisotopic (exact) mass is 472 g/mol. The Hall–Kier alpha value is -3.41. The van der Waals surface area contributed by atoms with Gasteiger partial charge in [-0.15, -0.1) is 0 Å². The molecule has 35 heavy (non-hydrogen) atoms. The highest BCUT2D eigenvalue weighted by atomic mass is 16.5. The number of carboxylic acid groups (broad SMARTS) is 1. The van der Waals surface area contributed by atoms with Gasteiger partial charge < -0.3 is 19.2 Å². The fourth-order valence-electron chi connectivity index (χ4n) is 6.01. The number of aromatic nitrogens is 1. The lowest BCUT2D eigenvalue weighted by atomic mass is 10.0. The molecule has 2 aromatic carbocycles. The van der Waals surface area contributed by atoms with E-state index in [0.29, 0.717) is 35.5 Å². The van der Waals surface area contributed by atoms with Crippen LogP contribution < -0.4 is 4.90 Å². The number of nitriles is 1. The Bertz CT molecular complexity index is 1350. The van der Waals surface area contributed by atoms with Crippen molar-refractivity contribution in [3.63, 3.8) is 0 Å². The van der Waals surface area contributed by atoms with E-state index in [1.54, 1.807) is 0 Å². The zero-order valence-corrected chi connectivity index (χ0v) is 19.8. The van der Waals surface area contributed by atoms with Crippen LogP contribution >= 0.6 is 0 Å². The first-order valence-electron chi connectivity index (χ1n) is 12.3. The van der Waals surface area contributed by atoms with E-state index >= 15 is 0 Å². The molecule has 0 radical (unpaired) electrons. The molecule has 0 saturated carbocycles. The smallest absolute Gasteiger partial charge is 0.307 e. The molecule has 3 aliphatic rings. The first kappa shape index (κ1) is 22.1. The normalized spacial score (nSPS) is 22.5. The molecule has 1 aliphatic carbocycles. The van der Waals surface area contributed by atoms with Crippen LogP contribution in [0.2, 0.25) is 0 Å². The number of carbonyl (C=O) groups is 1. The second-order valence-corrected chi connectivity index (χ2v) is 9.72. The lowest BCUT2D eigenvalue weighted by Crippen LogP contribution is -2.36. The Balaban J connectivity index is 1.39. The number of morpholine rings is 1. The zero-order chi connectivity index (χ0) is 24.1. The fourth-order valence-corrected chi connectivity index (χ4v) is 6.01. The molecule has 2 unspecified atom stereocenters. The summed E-state index contributed by atoms with van der Waals surface area (Å²) in [5.41, 5.74) is 7.09. The van der Waals surface area contributed by atoms with Crippen LogP contribution in [0.15, 0.2) is 28.7 Å². The largest absolute Gasteiger partial charge is 0.481 e. The Morgan fingerprint density at radius 2 is 2.06 bits per heavy atom. The third kappa shape index (κ3) is 3.67. The predicted molar refractivity (Wildman–Crippen MR) is 130 cm³/mol. The average molecular weight is 473 g/mol. The van der Waals surface area contributed by atoms with Crippen molar-refractivity contribution in [1.29, 1.82) is 5.26 Å². The molecule has 0 amide bonds. The van der Waals surface area contributed by atoms with Gasteiger partial charge in [0.05, 0.1) is 19.1 Å². The molecule has 8 heteroatoms. The predicted octanol–water partition coefficient (Wildman–Crippen LogP) is 3.91. The first-order chi connectivity index (χ1) is 17.0. The number of aliphatic carboxylic acids is 1. The fraction of sp³-hybridized carbons (Fsp3) is 0.444. The Morgan fingerprint density at radius 3 is 2.80 bits per heavy atom. The van der Waals surface area contributed by atoms with Crippen molar-refractivity contribution >= 4 is 22.8 Å². The standard InChI is InChI=1S/C27H28N4O4/c1-16-18(3-2-4-23(16)30-9-11-34-12-10-30)26-29-22-13-20-19(21(14-28)25(22)35-26)5-6-24(20)31-8-7-17(15-31)27(32)33/h2-4,13,17,24H,5-12,15H2,1H3,(H,32,33). The summed E-state index contributed by atoms with van der Waals surface area (Å²) in [6.07, 6.45) is 2.34. The first-order valence-corrected chi connectivity index (χ1v) is 12.3. The minimum atomic E-state index is -0.727. The van der Waals surface area contributed by atoms with E-state index in [1.807, 2.05) is 12.1 Å². The number of fused-ring (bicyclic) bond motifs is 2. The molecule has 0 bridgehead atoms. The molecule has 2 aliphatic heterocycles. The van der Waals surface area contributed by atoms with E-state index in [2.05, 4.69) is 34.9 Å². The van der Waals surface area contributed by atoms with Gasteiger partial charge in [0.1, 0.15) is 17.1 Å². The second kappa shape index (κ2) is 8.67. The average Bonchev–Trinajstić information content (AvgIpc) is 3.61. The Morgan fingerprint density at radius 1 is 1.23 bits per heavy atom. The van der Waals surface area contributed by atoms with Crippen LogP contribution in [0.5, 0.6) is 0 Å². The topological polar surface area (TPSA) is 103 Å². The number of hydrogen-bond donors (Lipinski definition) is 1. The minimum absolute atomic E-state index is 0.123. The molecular weight excluding hydrogens is 444 g/mol.